The second-order valence-corrected chi connectivity index (χ2v) is 6.40. The van der Waals surface area contributed by atoms with E-state index in [0.717, 1.165) is 5.56 Å². The Morgan fingerprint density at radius 3 is 2.54 bits per heavy atom. The summed E-state index contributed by atoms with van der Waals surface area (Å²) in [5.41, 5.74) is 1.41. The Bertz CT molecular complexity index is 919. The predicted octanol–water partition coefficient (Wildman–Crippen LogP) is 4.28. The molecule has 1 N–H and O–H groups in total. The minimum atomic E-state index is -0.269. The van der Waals surface area contributed by atoms with Crippen molar-refractivity contribution in [3.05, 3.63) is 54.4 Å². The first-order valence-corrected chi connectivity index (χ1v) is 9.15. The summed E-state index contributed by atoms with van der Waals surface area (Å²) in [4.78, 5) is 16.5. The van der Waals surface area contributed by atoms with Gasteiger partial charge >= 0.3 is 0 Å². The van der Waals surface area contributed by atoms with Crippen LogP contribution < -0.4 is 14.8 Å². The van der Waals surface area contributed by atoms with Gasteiger partial charge in [-0.1, -0.05) is 31.1 Å². The van der Waals surface area contributed by atoms with Crippen LogP contribution in [0.25, 0.3) is 11.5 Å². The molecule has 0 aliphatic heterocycles. The smallest absolute Gasteiger partial charge is 0.262 e. The van der Waals surface area contributed by atoms with Gasteiger partial charge in [-0.2, -0.15) is 4.98 Å². The van der Waals surface area contributed by atoms with Crippen LogP contribution in [0.5, 0.6) is 11.5 Å². The maximum atomic E-state index is 12.2. The number of ether oxygens (including phenoxy) is 2. The molecule has 0 fully saturated rings. The van der Waals surface area contributed by atoms with Crippen LogP contribution in [-0.4, -0.2) is 29.3 Å². The fourth-order valence-corrected chi connectivity index (χ4v) is 2.47. The summed E-state index contributed by atoms with van der Waals surface area (Å²) < 4.78 is 16.3. The van der Waals surface area contributed by atoms with Gasteiger partial charge in [0.15, 0.2) is 12.4 Å². The number of nitrogens with zero attached hydrogens (tertiary/aromatic N) is 2. The van der Waals surface area contributed by atoms with Gasteiger partial charge in [-0.25, -0.2) is 0 Å². The maximum absolute atomic E-state index is 12.2. The quantitative estimate of drug-likeness (QED) is 0.627. The van der Waals surface area contributed by atoms with Gasteiger partial charge in [-0.3, -0.25) is 4.79 Å². The highest BCUT2D eigenvalue weighted by Gasteiger charge is 2.12. The number of benzene rings is 2. The van der Waals surface area contributed by atoms with Crippen LogP contribution in [0.4, 0.5) is 5.69 Å². The predicted molar refractivity (Wildman–Crippen MR) is 106 cm³/mol. The van der Waals surface area contributed by atoms with E-state index in [0.29, 0.717) is 35.5 Å². The molecule has 0 saturated carbocycles. The van der Waals surface area contributed by atoms with Crippen molar-refractivity contribution < 1.29 is 18.8 Å². The van der Waals surface area contributed by atoms with E-state index in [1.54, 1.807) is 24.3 Å². The van der Waals surface area contributed by atoms with Crippen LogP contribution in [0.1, 0.15) is 32.5 Å². The lowest BCUT2D eigenvalue weighted by atomic mass is 10.2. The van der Waals surface area contributed by atoms with E-state index in [4.69, 9.17) is 14.0 Å². The van der Waals surface area contributed by atoms with Gasteiger partial charge in [0.2, 0.25) is 0 Å². The van der Waals surface area contributed by atoms with Gasteiger partial charge < -0.3 is 19.3 Å². The first kappa shape index (κ1) is 19.4. The van der Waals surface area contributed by atoms with Crippen molar-refractivity contribution in [2.45, 2.75) is 26.7 Å². The zero-order valence-corrected chi connectivity index (χ0v) is 16.1. The molecular weight excluding hydrogens is 358 g/mol. The molecule has 0 unspecified atom stereocenters. The second kappa shape index (κ2) is 9.03. The number of carbonyl (C=O) groups excluding carboxylic acids is 1. The molecule has 3 rings (SSSR count). The van der Waals surface area contributed by atoms with Crippen molar-refractivity contribution in [3.63, 3.8) is 0 Å². The van der Waals surface area contributed by atoms with E-state index in [2.05, 4.69) is 15.5 Å². The average Bonchev–Trinajstić information content (AvgIpc) is 3.19. The Balaban J connectivity index is 1.56. The molecule has 7 heteroatoms. The maximum Gasteiger partial charge on any atom is 0.262 e. The highest BCUT2D eigenvalue weighted by molar-refractivity contribution is 5.93. The third kappa shape index (κ3) is 4.88. The summed E-state index contributed by atoms with van der Waals surface area (Å²) in [6, 6.07) is 14.4. The number of hydrogen-bond donors (Lipinski definition) is 1. The van der Waals surface area contributed by atoms with Crippen molar-refractivity contribution >= 4 is 11.6 Å². The molecule has 0 radical (unpaired) electrons. The number of amides is 1. The summed E-state index contributed by atoms with van der Waals surface area (Å²) in [6.07, 6.45) is 0. The molecule has 28 heavy (non-hydrogen) atoms. The zero-order valence-electron chi connectivity index (χ0n) is 16.1. The van der Waals surface area contributed by atoms with E-state index in [9.17, 15) is 4.79 Å². The Morgan fingerprint density at radius 2 is 1.86 bits per heavy atom. The largest absolute Gasteiger partial charge is 0.492 e. The van der Waals surface area contributed by atoms with Crippen LogP contribution in [0, 0.1) is 0 Å². The molecule has 1 aromatic heterocycles. The number of anilines is 1. The molecule has 3 aromatic rings. The van der Waals surface area contributed by atoms with E-state index in [1.165, 1.54) is 0 Å². The highest BCUT2D eigenvalue weighted by Crippen LogP contribution is 2.24. The molecule has 0 saturated heterocycles. The van der Waals surface area contributed by atoms with Gasteiger partial charge in [0, 0.05) is 11.5 Å². The average molecular weight is 381 g/mol. The number of hydrogen-bond acceptors (Lipinski definition) is 6. The fourth-order valence-electron chi connectivity index (χ4n) is 2.47. The molecule has 1 amide bonds. The number of nitrogens with one attached hydrogen (secondary N) is 1. The van der Waals surface area contributed by atoms with Crippen LogP contribution in [0.3, 0.4) is 0 Å². The topological polar surface area (TPSA) is 86.5 Å². The van der Waals surface area contributed by atoms with Gasteiger partial charge in [-0.05, 0) is 43.3 Å². The first-order chi connectivity index (χ1) is 13.6. The molecule has 146 valence electrons. The normalized spacial score (nSPS) is 10.7. The molecule has 7 nitrogen and oxygen atoms in total. The zero-order chi connectivity index (χ0) is 19.9. The summed E-state index contributed by atoms with van der Waals surface area (Å²) in [5.74, 6) is 2.25. The standard InChI is InChI=1S/C21H23N3O4/c1-4-26-18-8-6-5-7-17(18)22-19(25)13-27-16-11-9-15(10-12-16)21-23-20(14(2)3)24-28-21/h5-12,14H,4,13H2,1-3H3,(H,22,25). The summed E-state index contributed by atoms with van der Waals surface area (Å²) in [5, 5.41) is 6.75. The van der Waals surface area contributed by atoms with Gasteiger partial charge in [0.1, 0.15) is 11.5 Å². The SMILES string of the molecule is CCOc1ccccc1NC(=O)COc1ccc(-c2nc(C(C)C)no2)cc1. The van der Waals surface area contributed by atoms with Crippen LogP contribution in [-0.2, 0) is 4.79 Å². The number of carbonyl (C=O) groups is 1. The Kier molecular flexibility index (Phi) is 6.26. The molecule has 0 aliphatic rings. The van der Waals surface area contributed by atoms with E-state index in [1.807, 2.05) is 45.0 Å². The van der Waals surface area contributed by atoms with Gasteiger partial charge in [-0.15, -0.1) is 0 Å². The van der Waals surface area contributed by atoms with Crippen LogP contribution in [0.2, 0.25) is 0 Å². The second-order valence-electron chi connectivity index (χ2n) is 6.40. The monoisotopic (exact) mass is 381 g/mol. The Hall–Kier alpha value is -3.35. The first-order valence-electron chi connectivity index (χ1n) is 9.15. The van der Waals surface area contributed by atoms with Crippen molar-refractivity contribution in [3.8, 4) is 23.0 Å². The molecular formula is C21H23N3O4. The van der Waals surface area contributed by atoms with Gasteiger partial charge in [0.05, 0.1) is 12.3 Å². The number of aromatic nitrogens is 2. The van der Waals surface area contributed by atoms with Gasteiger partial charge in [0.25, 0.3) is 11.8 Å². The molecule has 2 aromatic carbocycles. The molecule has 1 heterocycles. The van der Waals surface area contributed by atoms with Crippen molar-refractivity contribution in [2.75, 3.05) is 18.5 Å². The third-order valence-electron chi connectivity index (χ3n) is 3.89. The summed E-state index contributed by atoms with van der Waals surface area (Å²) >= 11 is 0. The molecule has 0 atom stereocenters. The van der Waals surface area contributed by atoms with Crippen molar-refractivity contribution in [1.29, 1.82) is 0 Å². The number of rotatable bonds is 8. The molecule has 0 spiro atoms. The minimum Gasteiger partial charge on any atom is -0.492 e. The minimum absolute atomic E-state index is 0.113. The summed E-state index contributed by atoms with van der Waals surface area (Å²) in [7, 11) is 0. The van der Waals surface area contributed by atoms with E-state index in [-0.39, 0.29) is 18.4 Å². The van der Waals surface area contributed by atoms with Crippen LogP contribution >= 0.6 is 0 Å². The van der Waals surface area contributed by atoms with Crippen molar-refractivity contribution in [2.24, 2.45) is 0 Å². The van der Waals surface area contributed by atoms with Crippen molar-refractivity contribution in [1.82, 2.24) is 10.1 Å². The molecule has 0 aliphatic carbocycles. The van der Waals surface area contributed by atoms with E-state index >= 15 is 0 Å². The van der Waals surface area contributed by atoms with E-state index < -0.39 is 0 Å². The lowest BCUT2D eigenvalue weighted by Crippen LogP contribution is -2.20. The summed E-state index contributed by atoms with van der Waals surface area (Å²) in [6.45, 7) is 6.31. The Labute approximate surface area is 163 Å². The number of para-hydroxylation sites is 2. The van der Waals surface area contributed by atoms with Crippen LogP contribution in [0.15, 0.2) is 53.1 Å². The third-order valence-corrected chi connectivity index (χ3v) is 3.89. The lowest BCUT2D eigenvalue weighted by molar-refractivity contribution is -0.118. The lowest BCUT2D eigenvalue weighted by Gasteiger charge is -2.11. The fraction of sp³-hybridized carbons (Fsp3) is 0.286. The Morgan fingerprint density at radius 1 is 1.11 bits per heavy atom. The highest BCUT2D eigenvalue weighted by atomic mass is 16.5. The molecule has 0 bridgehead atoms.